The van der Waals surface area contributed by atoms with E-state index < -0.39 is 5.41 Å². The van der Waals surface area contributed by atoms with Gasteiger partial charge in [-0.2, -0.15) is 0 Å². The third kappa shape index (κ3) is 7.91. The van der Waals surface area contributed by atoms with Crippen LogP contribution in [0, 0.1) is 0 Å². The minimum atomic E-state index is -0.940. The van der Waals surface area contributed by atoms with E-state index in [0.717, 1.165) is 133 Å². The van der Waals surface area contributed by atoms with Gasteiger partial charge in [0.15, 0.2) is 0 Å². The molecule has 3 aliphatic rings. The quantitative estimate of drug-likeness (QED) is 0.165. The largest absolute Gasteiger partial charge is 0.456 e. The Balaban J connectivity index is 0.910. The van der Waals surface area contributed by atoms with Crippen molar-refractivity contribution >= 4 is 139 Å². The molecule has 1 spiro atoms. The molecular weight excluding hydrogens is 1200 g/mol. The van der Waals surface area contributed by atoms with Gasteiger partial charge in [0.25, 0.3) is 0 Å². The van der Waals surface area contributed by atoms with Crippen molar-refractivity contribution in [2.75, 3.05) is 14.7 Å². The van der Waals surface area contributed by atoms with E-state index in [1.165, 1.54) is 61.1 Å². The molecule has 0 fully saturated rings. The summed E-state index contributed by atoms with van der Waals surface area (Å²) in [6.45, 7) is 18.6. The van der Waals surface area contributed by atoms with Gasteiger partial charge in [0.05, 0.1) is 33.6 Å². The minimum Gasteiger partial charge on any atom is -0.456 e. The molecule has 0 N–H and O–H groups in total. The van der Waals surface area contributed by atoms with Crippen LogP contribution in [0.25, 0.3) is 98.5 Å². The Morgan fingerprint density at radius 2 is 0.786 bits per heavy atom. The van der Waals surface area contributed by atoms with Gasteiger partial charge in [-0.3, -0.25) is 0 Å². The Morgan fingerprint density at radius 1 is 0.327 bits per heavy atom. The molecule has 0 saturated carbocycles. The van der Waals surface area contributed by atoms with Crippen LogP contribution in [0.3, 0.4) is 0 Å². The summed E-state index contributed by atoms with van der Waals surface area (Å²) >= 11 is 0. The number of para-hydroxylation sites is 4. The zero-order valence-corrected chi connectivity index (χ0v) is 56.0. The first-order valence-electron chi connectivity index (χ1n) is 34.4. The van der Waals surface area contributed by atoms with Crippen LogP contribution in [-0.2, 0) is 21.7 Å². The normalized spacial score (nSPS) is 15.2. The van der Waals surface area contributed by atoms with Gasteiger partial charge in [0.1, 0.15) is 33.5 Å². The molecule has 0 bridgehead atoms. The summed E-state index contributed by atoms with van der Waals surface area (Å²) in [7, 11) is 0. The fourth-order valence-electron chi connectivity index (χ4n) is 17.3. The molecule has 1 aliphatic carbocycles. The Hall–Kier alpha value is -11.6. The fourth-order valence-corrected chi connectivity index (χ4v) is 17.3. The van der Waals surface area contributed by atoms with Crippen molar-refractivity contribution < 1.29 is 13.3 Å². The molecule has 6 nitrogen and oxygen atoms in total. The topological polar surface area (TPSA) is 49.1 Å². The van der Waals surface area contributed by atoms with Gasteiger partial charge in [-0.15, -0.1) is 0 Å². The van der Waals surface area contributed by atoms with Crippen LogP contribution in [0.5, 0.6) is 0 Å². The maximum atomic E-state index is 7.68. The van der Waals surface area contributed by atoms with Crippen molar-refractivity contribution in [2.24, 2.45) is 0 Å². The fraction of sp³-hybridized carbons (Fsp3) is 0.130. The predicted molar refractivity (Wildman–Crippen MR) is 408 cm³/mol. The molecule has 5 heterocycles. The second kappa shape index (κ2) is 20.0. The number of rotatable bonds is 6. The van der Waals surface area contributed by atoms with Crippen LogP contribution in [0.2, 0.25) is 0 Å². The van der Waals surface area contributed by atoms with Crippen molar-refractivity contribution in [1.29, 1.82) is 0 Å². The predicted octanol–water partition coefficient (Wildman–Crippen LogP) is 26.0. The Kier molecular flexibility index (Phi) is 11.6. The monoisotopic (exact) mass is 1260 g/mol. The highest BCUT2D eigenvalue weighted by atomic mass is 16.3. The molecule has 1 unspecified atom stereocenters. The van der Waals surface area contributed by atoms with Crippen molar-refractivity contribution in [2.45, 2.75) is 77.0 Å². The highest BCUT2D eigenvalue weighted by Crippen LogP contribution is 2.69. The lowest BCUT2D eigenvalue weighted by atomic mass is 9.61. The van der Waals surface area contributed by atoms with Crippen molar-refractivity contribution in [3.63, 3.8) is 0 Å². The van der Waals surface area contributed by atoms with E-state index in [2.05, 4.69) is 343 Å². The molecule has 6 heteroatoms. The van der Waals surface area contributed by atoms with Gasteiger partial charge in [0.2, 0.25) is 0 Å². The first kappa shape index (κ1) is 56.7. The number of hydrogen-bond acceptors (Lipinski definition) is 6. The van der Waals surface area contributed by atoms with Crippen molar-refractivity contribution in [3.05, 3.63) is 317 Å². The maximum Gasteiger partial charge on any atom is 0.145 e. The summed E-state index contributed by atoms with van der Waals surface area (Å²) < 4.78 is 21.2. The molecule has 14 aromatic carbocycles. The maximum absolute atomic E-state index is 7.68. The van der Waals surface area contributed by atoms with Gasteiger partial charge in [-0.1, -0.05) is 207 Å². The van der Waals surface area contributed by atoms with Gasteiger partial charge >= 0.3 is 0 Å². The smallest absolute Gasteiger partial charge is 0.145 e. The first-order valence-corrected chi connectivity index (χ1v) is 34.4. The van der Waals surface area contributed by atoms with Crippen LogP contribution in [0.1, 0.15) is 99.9 Å². The zero-order chi connectivity index (χ0) is 65.9. The Bertz CT molecular complexity index is 6260. The Morgan fingerprint density at radius 3 is 1.40 bits per heavy atom. The van der Waals surface area contributed by atoms with Crippen LogP contribution >= 0.6 is 0 Å². The van der Waals surface area contributed by atoms with Crippen molar-refractivity contribution in [1.82, 2.24) is 0 Å². The van der Waals surface area contributed by atoms with E-state index in [1.807, 2.05) is 0 Å². The number of benzene rings is 14. The molecule has 17 aromatic rings. The standard InChI is InChI=1S/C92H69N3O3/c1-89(2,3)58-32-36-60(37-33-58)93(62-41-44-81-69(50-62)67-46-54-20-9-11-22-56(54)48-83(67)96-81)64-40-43-65-75(52-64)92(72-26-15-17-30-78(72)95-77-29-16-14-25-71(77)91(7,8)73-27-19-28-74(92)87(73)95)76-53-79(86-66-24-13-18-31-80(66)98-88(86)85(65)76)94(61-38-34-59(35-39-61)90(4,5)6)63-42-45-82-70(51-63)68-47-55-21-10-12-23-57(55)49-84(68)97-82/h9-53H,1-8H3. The second-order valence-corrected chi connectivity index (χ2v) is 30.0. The molecular formula is C92H69N3O3. The van der Waals surface area contributed by atoms with Crippen LogP contribution in [-0.4, -0.2) is 0 Å². The molecule has 20 rings (SSSR count). The molecule has 98 heavy (non-hydrogen) atoms. The summed E-state index contributed by atoms with van der Waals surface area (Å²) in [6.07, 6.45) is 0. The average Bonchev–Trinajstić information content (AvgIpc) is 1.39. The molecule has 470 valence electrons. The number of anilines is 9. The van der Waals surface area contributed by atoms with E-state index in [9.17, 15) is 0 Å². The van der Waals surface area contributed by atoms with E-state index in [4.69, 9.17) is 13.3 Å². The van der Waals surface area contributed by atoms with E-state index in [-0.39, 0.29) is 16.2 Å². The third-order valence-corrected chi connectivity index (χ3v) is 22.1. The van der Waals surface area contributed by atoms with Crippen LogP contribution < -0.4 is 14.7 Å². The number of nitrogens with zero attached hydrogens (tertiary/aromatic N) is 3. The lowest BCUT2D eigenvalue weighted by Crippen LogP contribution is -2.41. The summed E-state index contributed by atoms with van der Waals surface area (Å²) in [5, 5.41) is 11.0. The molecule has 2 aliphatic heterocycles. The van der Waals surface area contributed by atoms with E-state index in [0.29, 0.717) is 0 Å². The molecule has 0 amide bonds. The molecule has 1 atom stereocenters. The van der Waals surface area contributed by atoms with Gasteiger partial charge in [-0.05, 0) is 204 Å². The summed E-state index contributed by atoms with van der Waals surface area (Å²) in [6, 6.07) is 102. The number of furan rings is 3. The highest BCUT2D eigenvalue weighted by molar-refractivity contribution is 6.21. The minimum absolute atomic E-state index is 0.0549. The summed E-state index contributed by atoms with van der Waals surface area (Å²) in [4.78, 5) is 7.55. The molecule has 3 aromatic heterocycles. The van der Waals surface area contributed by atoms with E-state index in [1.54, 1.807) is 0 Å². The molecule has 0 radical (unpaired) electrons. The van der Waals surface area contributed by atoms with Gasteiger partial charge in [-0.25, -0.2) is 0 Å². The lowest BCUT2D eigenvalue weighted by Gasteiger charge is -2.51. The third-order valence-electron chi connectivity index (χ3n) is 22.1. The number of fused-ring (bicyclic) bond motifs is 23. The summed E-state index contributed by atoms with van der Waals surface area (Å²) in [5.41, 5.74) is 25.4. The van der Waals surface area contributed by atoms with Crippen molar-refractivity contribution in [3.8, 4) is 11.1 Å². The average molecular weight is 1260 g/mol. The van der Waals surface area contributed by atoms with Gasteiger partial charge in [0, 0.05) is 66.3 Å². The van der Waals surface area contributed by atoms with Gasteiger partial charge < -0.3 is 28.0 Å². The van der Waals surface area contributed by atoms with Crippen LogP contribution in [0.15, 0.2) is 286 Å². The lowest BCUT2D eigenvalue weighted by molar-refractivity contribution is 0.590. The second-order valence-electron chi connectivity index (χ2n) is 30.0. The number of hydrogen-bond donors (Lipinski definition) is 0. The SMILES string of the molecule is CC(C)(C)c1ccc(N(c2ccc3c(c2)C2(c4ccccc4N4c5ccccc5C(C)(C)c5cccc2c54)c2cc(N(c4ccc(C(C)(C)C)cc4)c4ccc5oc6cc7ccccc7cc6c5c4)c4c(oc5ccccc54)c2-3)c2ccc3oc4cc5ccccc5cc4c3c2)cc1. The highest BCUT2D eigenvalue weighted by Gasteiger charge is 2.56. The summed E-state index contributed by atoms with van der Waals surface area (Å²) in [5.74, 6) is 0. The Labute approximate surface area is 568 Å². The molecule has 0 saturated heterocycles. The zero-order valence-electron chi connectivity index (χ0n) is 56.0. The first-order chi connectivity index (χ1) is 47.6. The van der Waals surface area contributed by atoms with Crippen LogP contribution in [0.4, 0.5) is 51.2 Å². The van der Waals surface area contributed by atoms with E-state index >= 15 is 0 Å².